The van der Waals surface area contributed by atoms with E-state index in [9.17, 15) is 0 Å². The van der Waals surface area contributed by atoms with Crippen molar-refractivity contribution in [3.63, 3.8) is 0 Å². The molecule has 0 amide bonds. The van der Waals surface area contributed by atoms with E-state index in [-0.39, 0.29) is 12.7 Å². The quantitative estimate of drug-likeness (QED) is 0.834. The van der Waals surface area contributed by atoms with Crippen LogP contribution in [0.3, 0.4) is 0 Å². The van der Waals surface area contributed by atoms with Gasteiger partial charge in [0, 0.05) is 11.8 Å². The first kappa shape index (κ1) is 13.0. The molecule has 1 N–H and O–H groups in total. The summed E-state index contributed by atoms with van der Waals surface area (Å²) in [6.45, 7) is 8.31. The van der Waals surface area contributed by atoms with E-state index < -0.39 is 0 Å². The zero-order valence-electron chi connectivity index (χ0n) is 10.5. The van der Waals surface area contributed by atoms with Crippen molar-refractivity contribution in [3.8, 4) is 5.88 Å². The summed E-state index contributed by atoms with van der Waals surface area (Å²) in [7, 11) is 0. The molecule has 0 fully saturated rings. The van der Waals surface area contributed by atoms with Gasteiger partial charge in [0.05, 0.1) is 12.7 Å². The lowest BCUT2D eigenvalue weighted by molar-refractivity contribution is 0.185. The van der Waals surface area contributed by atoms with Crippen molar-refractivity contribution in [2.45, 2.75) is 46.8 Å². The molecule has 90 valence electrons. The largest absolute Gasteiger partial charge is 0.475 e. The lowest BCUT2D eigenvalue weighted by Crippen LogP contribution is -2.15. The van der Waals surface area contributed by atoms with Crippen molar-refractivity contribution in [1.82, 2.24) is 4.98 Å². The molecule has 1 unspecified atom stereocenters. The molecule has 16 heavy (non-hydrogen) atoms. The Morgan fingerprint density at radius 2 is 2.00 bits per heavy atom. The zero-order valence-corrected chi connectivity index (χ0v) is 10.5. The second kappa shape index (κ2) is 5.85. The van der Waals surface area contributed by atoms with E-state index in [2.05, 4.69) is 25.8 Å². The van der Waals surface area contributed by atoms with Crippen LogP contribution in [0.1, 0.15) is 38.4 Å². The van der Waals surface area contributed by atoms with Crippen LogP contribution in [-0.2, 0) is 6.61 Å². The van der Waals surface area contributed by atoms with Gasteiger partial charge in [-0.25, -0.2) is 4.98 Å². The highest BCUT2D eigenvalue weighted by molar-refractivity contribution is 5.24. The van der Waals surface area contributed by atoms with Gasteiger partial charge in [-0.3, -0.25) is 0 Å². The molecular weight excluding hydrogens is 202 g/mol. The van der Waals surface area contributed by atoms with Crippen molar-refractivity contribution < 1.29 is 9.84 Å². The second-order valence-electron chi connectivity index (χ2n) is 4.61. The molecule has 3 heteroatoms. The van der Waals surface area contributed by atoms with Gasteiger partial charge < -0.3 is 9.84 Å². The Balaban J connectivity index is 2.64. The number of pyridine rings is 1. The fraction of sp³-hybridized carbons (Fsp3) is 0.615. The molecule has 0 radical (unpaired) electrons. The molecule has 1 atom stereocenters. The standard InChI is InChI=1S/C13H21NO2/c1-9(2)7-10(3)16-13-6-5-12(8-15)11(4)14-13/h5-6,9-10,15H,7-8H2,1-4H3. The highest BCUT2D eigenvalue weighted by Crippen LogP contribution is 2.16. The molecule has 0 bridgehead atoms. The van der Waals surface area contributed by atoms with Gasteiger partial charge in [0.25, 0.3) is 0 Å². The summed E-state index contributed by atoms with van der Waals surface area (Å²) >= 11 is 0. The third kappa shape index (κ3) is 3.81. The number of hydrogen-bond acceptors (Lipinski definition) is 3. The topological polar surface area (TPSA) is 42.4 Å². The average Bonchev–Trinajstić information content (AvgIpc) is 2.16. The Labute approximate surface area is 97.5 Å². The second-order valence-corrected chi connectivity index (χ2v) is 4.61. The minimum atomic E-state index is 0.0284. The van der Waals surface area contributed by atoms with Crippen LogP contribution in [0.15, 0.2) is 12.1 Å². The number of ether oxygens (including phenoxy) is 1. The van der Waals surface area contributed by atoms with E-state index in [4.69, 9.17) is 9.84 Å². The summed E-state index contributed by atoms with van der Waals surface area (Å²) in [6, 6.07) is 3.68. The maximum atomic E-state index is 9.03. The molecule has 0 aliphatic rings. The Morgan fingerprint density at radius 1 is 1.31 bits per heavy atom. The molecule has 0 aliphatic heterocycles. The summed E-state index contributed by atoms with van der Waals surface area (Å²) in [5.41, 5.74) is 1.68. The lowest BCUT2D eigenvalue weighted by atomic mass is 10.1. The fourth-order valence-corrected chi connectivity index (χ4v) is 1.72. The van der Waals surface area contributed by atoms with Gasteiger partial charge >= 0.3 is 0 Å². The van der Waals surface area contributed by atoms with Crippen LogP contribution in [0.5, 0.6) is 5.88 Å². The molecule has 1 aromatic rings. The number of rotatable bonds is 5. The van der Waals surface area contributed by atoms with Gasteiger partial charge in [-0.15, -0.1) is 0 Å². The molecule has 1 heterocycles. The maximum Gasteiger partial charge on any atom is 0.213 e. The number of aliphatic hydroxyl groups is 1. The van der Waals surface area contributed by atoms with E-state index in [1.807, 2.05) is 19.1 Å². The van der Waals surface area contributed by atoms with Crippen LogP contribution in [0.25, 0.3) is 0 Å². The minimum absolute atomic E-state index is 0.0284. The monoisotopic (exact) mass is 223 g/mol. The summed E-state index contributed by atoms with van der Waals surface area (Å²) in [5, 5.41) is 9.03. The van der Waals surface area contributed by atoms with Crippen LogP contribution in [0, 0.1) is 12.8 Å². The van der Waals surface area contributed by atoms with Gasteiger partial charge in [-0.1, -0.05) is 13.8 Å². The van der Waals surface area contributed by atoms with E-state index in [1.54, 1.807) is 0 Å². The number of aromatic nitrogens is 1. The van der Waals surface area contributed by atoms with Crippen molar-refractivity contribution in [1.29, 1.82) is 0 Å². The smallest absolute Gasteiger partial charge is 0.213 e. The molecule has 0 saturated carbocycles. The third-order valence-electron chi connectivity index (χ3n) is 2.47. The van der Waals surface area contributed by atoms with Crippen molar-refractivity contribution in [2.75, 3.05) is 0 Å². The number of nitrogens with zero attached hydrogens (tertiary/aromatic N) is 1. The number of aliphatic hydroxyl groups excluding tert-OH is 1. The van der Waals surface area contributed by atoms with E-state index in [0.29, 0.717) is 11.8 Å². The van der Waals surface area contributed by atoms with Gasteiger partial charge in [-0.05, 0) is 37.8 Å². The van der Waals surface area contributed by atoms with Crippen LogP contribution in [-0.4, -0.2) is 16.2 Å². The molecule has 3 nitrogen and oxygen atoms in total. The van der Waals surface area contributed by atoms with E-state index in [1.165, 1.54) is 0 Å². The molecule has 0 spiro atoms. The van der Waals surface area contributed by atoms with Crippen LogP contribution in [0.2, 0.25) is 0 Å². The van der Waals surface area contributed by atoms with E-state index >= 15 is 0 Å². The number of aryl methyl sites for hydroxylation is 1. The van der Waals surface area contributed by atoms with E-state index in [0.717, 1.165) is 17.7 Å². The molecule has 0 aromatic carbocycles. The predicted molar refractivity (Wildman–Crippen MR) is 64.4 cm³/mol. The van der Waals surface area contributed by atoms with Crippen molar-refractivity contribution in [3.05, 3.63) is 23.4 Å². The zero-order chi connectivity index (χ0) is 12.1. The third-order valence-corrected chi connectivity index (χ3v) is 2.47. The van der Waals surface area contributed by atoms with Gasteiger partial charge in [0.2, 0.25) is 5.88 Å². The Bertz CT molecular complexity index is 337. The minimum Gasteiger partial charge on any atom is -0.475 e. The van der Waals surface area contributed by atoms with Gasteiger partial charge in [0.15, 0.2) is 0 Å². The average molecular weight is 223 g/mol. The first-order valence-corrected chi connectivity index (χ1v) is 5.77. The fourth-order valence-electron chi connectivity index (χ4n) is 1.72. The number of hydrogen-bond donors (Lipinski definition) is 1. The maximum absolute atomic E-state index is 9.03. The molecule has 0 saturated heterocycles. The Kier molecular flexibility index (Phi) is 4.74. The SMILES string of the molecule is Cc1nc(OC(C)CC(C)C)ccc1CO. The van der Waals surface area contributed by atoms with Crippen LogP contribution >= 0.6 is 0 Å². The van der Waals surface area contributed by atoms with Crippen LogP contribution < -0.4 is 4.74 Å². The molecule has 0 aliphatic carbocycles. The summed E-state index contributed by atoms with van der Waals surface area (Å²) in [4.78, 5) is 4.31. The Morgan fingerprint density at radius 3 is 2.50 bits per heavy atom. The molecule has 1 rings (SSSR count). The normalized spacial score (nSPS) is 12.9. The first-order chi connectivity index (χ1) is 7.52. The summed E-state index contributed by atoms with van der Waals surface area (Å²) in [6.07, 6.45) is 1.19. The summed E-state index contributed by atoms with van der Waals surface area (Å²) in [5.74, 6) is 1.26. The van der Waals surface area contributed by atoms with Gasteiger partial charge in [-0.2, -0.15) is 0 Å². The first-order valence-electron chi connectivity index (χ1n) is 5.77. The highest BCUT2D eigenvalue weighted by atomic mass is 16.5. The summed E-state index contributed by atoms with van der Waals surface area (Å²) < 4.78 is 5.71. The molecular formula is C13H21NO2. The van der Waals surface area contributed by atoms with Gasteiger partial charge in [0.1, 0.15) is 0 Å². The predicted octanol–water partition coefficient (Wildman–Crippen LogP) is 2.70. The van der Waals surface area contributed by atoms with Crippen LogP contribution in [0.4, 0.5) is 0 Å². The Hall–Kier alpha value is -1.09. The molecule has 1 aromatic heterocycles. The lowest BCUT2D eigenvalue weighted by Gasteiger charge is -2.16. The van der Waals surface area contributed by atoms with Crippen molar-refractivity contribution in [2.24, 2.45) is 5.92 Å². The van der Waals surface area contributed by atoms with Crippen molar-refractivity contribution >= 4 is 0 Å². The highest BCUT2D eigenvalue weighted by Gasteiger charge is 2.08.